The Balaban J connectivity index is 2.30. The lowest BCUT2D eigenvalue weighted by Crippen LogP contribution is -2.39. The number of hydrogen-bond donors (Lipinski definition) is 2. The fraction of sp³-hybridized carbons (Fsp3) is 0.556. The molecular formula is C18H28N2O2. The lowest BCUT2D eigenvalue weighted by molar-refractivity contribution is -0.122. The van der Waals surface area contributed by atoms with Crippen LogP contribution in [0.1, 0.15) is 63.2 Å². The SMILES string of the molecule is CCCCCC(C)NC(=O)CC(C)NC(=O)c1ccccc1. The summed E-state index contributed by atoms with van der Waals surface area (Å²) in [6.45, 7) is 6.04. The molecule has 1 rings (SSSR count). The van der Waals surface area contributed by atoms with E-state index in [0.717, 1.165) is 12.8 Å². The van der Waals surface area contributed by atoms with Crippen molar-refractivity contribution in [3.05, 3.63) is 35.9 Å². The molecule has 1 aromatic rings. The second-order valence-electron chi connectivity index (χ2n) is 5.91. The summed E-state index contributed by atoms with van der Waals surface area (Å²) in [7, 11) is 0. The molecule has 0 fully saturated rings. The molecule has 4 heteroatoms. The third kappa shape index (κ3) is 7.25. The molecule has 0 aromatic heterocycles. The van der Waals surface area contributed by atoms with E-state index in [1.165, 1.54) is 12.8 Å². The van der Waals surface area contributed by atoms with Gasteiger partial charge in [0.05, 0.1) is 0 Å². The van der Waals surface area contributed by atoms with Crippen molar-refractivity contribution in [1.82, 2.24) is 10.6 Å². The molecule has 1 aromatic carbocycles. The Labute approximate surface area is 133 Å². The van der Waals surface area contributed by atoms with E-state index in [1.807, 2.05) is 32.0 Å². The predicted molar refractivity (Wildman–Crippen MR) is 89.7 cm³/mol. The van der Waals surface area contributed by atoms with Gasteiger partial charge in [-0.2, -0.15) is 0 Å². The highest BCUT2D eigenvalue weighted by Crippen LogP contribution is 2.04. The summed E-state index contributed by atoms with van der Waals surface area (Å²) >= 11 is 0. The van der Waals surface area contributed by atoms with Crippen LogP contribution in [-0.2, 0) is 4.79 Å². The molecule has 0 aliphatic heterocycles. The van der Waals surface area contributed by atoms with Gasteiger partial charge in [-0.25, -0.2) is 0 Å². The maximum absolute atomic E-state index is 12.0. The molecule has 122 valence electrons. The van der Waals surface area contributed by atoms with E-state index >= 15 is 0 Å². The molecule has 0 aliphatic carbocycles. The Morgan fingerprint density at radius 2 is 1.68 bits per heavy atom. The number of unbranched alkanes of at least 4 members (excludes halogenated alkanes) is 2. The first-order valence-electron chi connectivity index (χ1n) is 8.18. The minimum Gasteiger partial charge on any atom is -0.354 e. The lowest BCUT2D eigenvalue weighted by atomic mass is 10.1. The Kier molecular flexibility index (Phi) is 8.26. The van der Waals surface area contributed by atoms with Crippen LogP contribution in [0.2, 0.25) is 0 Å². The van der Waals surface area contributed by atoms with E-state index in [9.17, 15) is 9.59 Å². The third-order valence-corrected chi connectivity index (χ3v) is 3.55. The summed E-state index contributed by atoms with van der Waals surface area (Å²) in [6.07, 6.45) is 4.83. The molecule has 2 unspecified atom stereocenters. The minimum absolute atomic E-state index is 0.00939. The monoisotopic (exact) mass is 304 g/mol. The maximum atomic E-state index is 12.0. The van der Waals surface area contributed by atoms with Crippen LogP contribution in [0, 0.1) is 0 Å². The smallest absolute Gasteiger partial charge is 0.251 e. The molecule has 2 atom stereocenters. The highest BCUT2D eigenvalue weighted by atomic mass is 16.2. The second-order valence-corrected chi connectivity index (χ2v) is 5.91. The van der Waals surface area contributed by atoms with Crippen LogP contribution >= 0.6 is 0 Å². The quantitative estimate of drug-likeness (QED) is 0.688. The zero-order valence-corrected chi connectivity index (χ0v) is 13.9. The number of carbonyl (C=O) groups excluding carboxylic acids is 2. The van der Waals surface area contributed by atoms with Crippen molar-refractivity contribution >= 4 is 11.8 Å². The van der Waals surface area contributed by atoms with Gasteiger partial charge in [0.15, 0.2) is 0 Å². The van der Waals surface area contributed by atoms with Gasteiger partial charge in [0, 0.05) is 24.1 Å². The summed E-state index contributed by atoms with van der Waals surface area (Å²) in [6, 6.07) is 9.05. The average Bonchev–Trinajstić information content (AvgIpc) is 2.47. The molecule has 0 bridgehead atoms. The molecule has 4 nitrogen and oxygen atoms in total. The van der Waals surface area contributed by atoms with Crippen LogP contribution in [0.3, 0.4) is 0 Å². The fourth-order valence-corrected chi connectivity index (χ4v) is 2.33. The van der Waals surface area contributed by atoms with Crippen LogP contribution in [0.4, 0.5) is 0 Å². The van der Waals surface area contributed by atoms with E-state index in [-0.39, 0.29) is 23.9 Å². The van der Waals surface area contributed by atoms with Crippen LogP contribution in [0.15, 0.2) is 30.3 Å². The number of rotatable bonds is 9. The highest BCUT2D eigenvalue weighted by molar-refractivity contribution is 5.94. The first kappa shape index (κ1) is 18.2. The molecule has 0 saturated carbocycles. The fourth-order valence-electron chi connectivity index (χ4n) is 2.33. The molecule has 0 spiro atoms. The summed E-state index contributed by atoms with van der Waals surface area (Å²) in [5.41, 5.74) is 0.614. The van der Waals surface area contributed by atoms with Crippen LogP contribution in [0.25, 0.3) is 0 Å². The summed E-state index contributed by atoms with van der Waals surface area (Å²) in [5, 5.41) is 5.85. The first-order chi connectivity index (χ1) is 10.5. The van der Waals surface area contributed by atoms with Gasteiger partial charge in [-0.05, 0) is 32.4 Å². The van der Waals surface area contributed by atoms with Gasteiger partial charge in [-0.1, -0.05) is 44.4 Å². The zero-order chi connectivity index (χ0) is 16.4. The number of amides is 2. The Morgan fingerprint density at radius 1 is 1.00 bits per heavy atom. The molecule has 22 heavy (non-hydrogen) atoms. The first-order valence-corrected chi connectivity index (χ1v) is 8.18. The van der Waals surface area contributed by atoms with Crippen molar-refractivity contribution in [2.24, 2.45) is 0 Å². The second kappa shape index (κ2) is 9.98. The van der Waals surface area contributed by atoms with E-state index in [1.54, 1.807) is 12.1 Å². The van der Waals surface area contributed by atoms with Crippen LogP contribution in [0.5, 0.6) is 0 Å². The summed E-state index contributed by atoms with van der Waals surface area (Å²) < 4.78 is 0. The van der Waals surface area contributed by atoms with E-state index in [2.05, 4.69) is 17.6 Å². The van der Waals surface area contributed by atoms with Gasteiger partial charge < -0.3 is 10.6 Å². The standard InChI is InChI=1S/C18H28N2O2/c1-4-5-7-10-14(2)19-17(21)13-15(3)20-18(22)16-11-8-6-9-12-16/h6,8-9,11-12,14-15H,4-5,7,10,13H2,1-3H3,(H,19,21)(H,20,22). The van der Waals surface area contributed by atoms with Crippen molar-refractivity contribution in [3.8, 4) is 0 Å². The van der Waals surface area contributed by atoms with Crippen molar-refractivity contribution in [2.75, 3.05) is 0 Å². The van der Waals surface area contributed by atoms with Gasteiger partial charge in [0.25, 0.3) is 5.91 Å². The van der Waals surface area contributed by atoms with Gasteiger partial charge in [-0.15, -0.1) is 0 Å². The van der Waals surface area contributed by atoms with Crippen molar-refractivity contribution in [3.63, 3.8) is 0 Å². The zero-order valence-electron chi connectivity index (χ0n) is 13.9. The molecule has 0 radical (unpaired) electrons. The molecule has 0 heterocycles. The van der Waals surface area contributed by atoms with Gasteiger partial charge in [0.2, 0.25) is 5.91 Å². The van der Waals surface area contributed by atoms with Crippen molar-refractivity contribution in [1.29, 1.82) is 0 Å². The number of carbonyl (C=O) groups is 2. The van der Waals surface area contributed by atoms with Crippen molar-refractivity contribution in [2.45, 2.75) is 65.0 Å². The Bertz CT molecular complexity index is 459. The van der Waals surface area contributed by atoms with Gasteiger partial charge in [-0.3, -0.25) is 9.59 Å². The Morgan fingerprint density at radius 3 is 2.32 bits per heavy atom. The highest BCUT2D eigenvalue weighted by Gasteiger charge is 2.14. The molecular weight excluding hydrogens is 276 g/mol. The third-order valence-electron chi connectivity index (χ3n) is 3.55. The Hall–Kier alpha value is -1.84. The summed E-state index contributed by atoms with van der Waals surface area (Å²) in [4.78, 5) is 23.9. The molecule has 2 amide bonds. The molecule has 2 N–H and O–H groups in total. The molecule has 0 saturated heterocycles. The average molecular weight is 304 g/mol. The van der Waals surface area contributed by atoms with E-state index in [0.29, 0.717) is 12.0 Å². The number of nitrogens with one attached hydrogen (secondary N) is 2. The maximum Gasteiger partial charge on any atom is 0.251 e. The number of hydrogen-bond acceptors (Lipinski definition) is 2. The van der Waals surface area contributed by atoms with E-state index in [4.69, 9.17) is 0 Å². The van der Waals surface area contributed by atoms with Crippen LogP contribution < -0.4 is 10.6 Å². The number of benzene rings is 1. The normalized spacial score (nSPS) is 13.2. The van der Waals surface area contributed by atoms with Crippen LogP contribution in [-0.4, -0.2) is 23.9 Å². The summed E-state index contributed by atoms with van der Waals surface area (Å²) in [5.74, 6) is -0.151. The van der Waals surface area contributed by atoms with Gasteiger partial charge in [0.1, 0.15) is 0 Å². The predicted octanol–water partition coefficient (Wildman–Crippen LogP) is 3.28. The van der Waals surface area contributed by atoms with Crippen molar-refractivity contribution < 1.29 is 9.59 Å². The largest absolute Gasteiger partial charge is 0.354 e. The topological polar surface area (TPSA) is 58.2 Å². The van der Waals surface area contributed by atoms with Gasteiger partial charge >= 0.3 is 0 Å². The lowest BCUT2D eigenvalue weighted by Gasteiger charge is -2.17. The molecule has 0 aliphatic rings. The van der Waals surface area contributed by atoms with E-state index < -0.39 is 0 Å². The minimum atomic E-state index is -0.185.